The van der Waals surface area contributed by atoms with Gasteiger partial charge in [-0.05, 0) is 30.5 Å². The Morgan fingerprint density at radius 3 is 2.52 bits per heavy atom. The Kier molecular flexibility index (Phi) is 6.22. The lowest BCUT2D eigenvalue weighted by atomic mass is 9.99. The van der Waals surface area contributed by atoms with Gasteiger partial charge in [0.15, 0.2) is 0 Å². The van der Waals surface area contributed by atoms with Crippen molar-refractivity contribution in [3.05, 3.63) is 35.4 Å². The molecule has 0 radical (unpaired) electrons. The lowest BCUT2D eigenvalue weighted by Crippen LogP contribution is -2.31. The maximum Gasteiger partial charge on any atom is 0.0622 e. The molecule has 1 saturated heterocycles. The van der Waals surface area contributed by atoms with E-state index in [-0.39, 0.29) is 0 Å². The second-order valence-electron chi connectivity index (χ2n) is 6.64. The molecule has 0 saturated carbocycles. The number of hydrogen-bond donors (Lipinski definition) is 1. The van der Waals surface area contributed by atoms with Crippen LogP contribution in [0, 0.1) is 0 Å². The van der Waals surface area contributed by atoms with E-state index in [0.29, 0.717) is 18.0 Å². The van der Waals surface area contributed by atoms with Crippen LogP contribution in [0.25, 0.3) is 0 Å². The van der Waals surface area contributed by atoms with Gasteiger partial charge in [-0.2, -0.15) is 0 Å². The first-order valence-corrected chi connectivity index (χ1v) is 8.16. The molecule has 3 heteroatoms. The molecule has 0 aliphatic carbocycles. The van der Waals surface area contributed by atoms with Crippen LogP contribution >= 0.6 is 0 Å². The fourth-order valence-corrected chi connectivity index (χ4v) is 2.77. The molecular weight excluding hydrogens is 260 g/mol. The molecule has 1 aromatic carbocycles. The minimum absolute atomic E-state index is 0.550. The van der Waals surface area contributed by atoms with Gasteiger partial charge >= 0.3 is 0 Å². The van der Waals surface area contributed by atoms with Crippen molar-refractivity contribution in [2.75, 3.05) is 26.8 Å². The maximum absolute atomic E-state index is 5.46. The van der Waals surface area contributed by atoms with Crippen molar-refractivity contribution < 1.29 is 4.74 Å². The molecule has 1 aromatic rings. The van der Waals surface area contributed by atoms with Gasteiger partial charge < -0.3 is 10.1 Å². The summed E-state index contributed by atoms with van der Waals surface area (Å²) in [4.78, 5) is 2.41. The number of rotatable bonds is 7. The van der Waals surface area contributed by atoms with E-state index in [1.165, 1.54) is 11.1 Å². The van der Waals surface area contributed by atoms with E-state index in [9.17, 15) is 0 Å². The van der Waals surface area contributed by atoms with Gasteiger partial charge in [-0.3, -0.25) is 4.90 Å². The predicted molar refractivity (Wildman–Crippen MR) is 88.7 cm³/mol. The zero-order valence-corrected chi connectivity index (χ0v) is 13.9. The van der Waals surface area contributed by atoms with Crippen molar-refractivity contribution in [2.45, 2.75) is 51.7 Å². The van der Waals surface area contributed by atoms with Crippen LogP contribution in [-0.2, 0) is 11.3 Å². The molecule has 0 amide bonds. The third-order valence-corrected chi connectivity index (χ3v) is 4.34. The number of benzene rings is 1. The number of nitrogens with zero attached hydrogens (tertiary/aromatic N) is 1. The summed E-state index contributed by atoms with van der Waals surface area (Å²) >= 11 is 0. The van der Waals surface area contributed by atoms with Crippen LogP contribution in [0.1, 0.15) is 44.2 Å². The summed E-state index contributed by atoms with van der Waals surface area (Å²) in [7, 11) is 2.20. The largest absolute Gasteiger partial charge is 0.380 e. The molecule has 0 spiro atoms. The molecule has 1 N–H and O–H groups in total. The summed E-state index contributed by atoms with van der Waals surface area (Å²) in [5, 5.41) is 3.51. The second-order valence-corrected chi connectivity index (χ2v) is 6.64. The first-order valence-electron chi connectivity index (χ1n) is 8.16. The van der Waals surface area contributed by atoms with Crippen molar-refractivity contribution in [2.24, 2.45) is 0 Å². The van der Waals surface area contributed by atoms with Gasteiger partial charge in [-0.15, -0.1) is 0 Å². The van der Waals surface area contributed by atoms with Crippen LogP contribution in [0.15, 0.2) is 24.3 Å². The normalized spacial score (nSPS) is 20.4. The SMILES string of the molecule is CC(C)NCC(C)c1ccc(CN(C)C2CCOC2)cc1. The summed E-state index contributed by atoms with van der Waals surface area (Å²) in [5.41, 5.74) is 2.80. The summed E-state index contributed by atoms with van der Waals surface area (Å²) in [6.07, 6.45) is 1.16. The Hall–Kier alpha value is -0.900. The van der Waals surface area contributed by atoms with Gasteiger partial charge in [0.1, 0.15) is 0 Å². The molecule has 2 rings (SSSR count). The zero-order valence-electron chi connectivity index (χ0n) is 13.9. The first-order chi connectivity index (χ1) is 10.1. The lowest BCUT2D eigenvalue weighted by Gasteiger charge is -2.23. The maximum atomic E-state index is 5.46. The minimum Gasteiger partial charge on any atom is -0.380 e. The lowest BCUT2D eigenvalue weighted by molar-refractivity contribution is 0.156. The number of likely N-dealkylation sites (N-methyl/N-ethyl adjacent to an activating group) is 1. The highest BCUT2D eigenvalue weighted by Crippen LogP contribution is 2.18. The molecule has 1 aliphatic heterocycles. The van der Waals surface area contributed by atoms with Gasteiger partial charge in [-0.25, -0.2) is 0 Å². The summed E-state index contributed by atoms with van der Waals surface area (Å²) < 4.78 is 5.46. The first kappa shape index (κ1) is 16.5. The highest BCUT2D eigenvalue weighted by Gasteiger charge is 2.20. The smallest absolute Gasteiger partial charge is 0.0622 e. The molecule has 1 fully saturated rings. The van der Waals surface area contributed by atoms with Gasteiger partial charge in [0.25, 0.3) is 0 Å². The van der Waals surface area contributed by atoms with E-state index in [1.807, 2.05) is 0 Å². The van der Waals surface area contributed by atoms with E-state index in [0.717, 1.165) is 32.7 Å². The summed E-state index contributed by atoms with van der Waals surface area (Å²) in [6.45, 7) is 10.5. The van der Waals surface area contributed by atoms with E-state index in [4.69, 9.17) is 4.74 Å². The molecular formula is C18H30N2O. The van der Waals surface area contributed by atoms with E-state index < -0.39 is 0 Å². The molecule has 118 valence electrons. The average molecular weight is 290 g/mol. The second kappa shape index (κ2) is 7.92. The van der Waals surface area contributed by atoms with Crippen LogP contribution in [0.2, 0.25) is 0 Å². The van der Waals surface area contributed by atoms with Gasteiger partial charge in [-0.1, -0.05) is 45.0 Å². The van der Waals surface area contributed by atoms with E-state index in [1.54, 1.807) is 0 Å². The molecule has 21 heavy (non-hydrogen) atoms. The van der Waals surface area contributed by atoms with Crippen molar-refractivity contribution in [3.63, 3.8) is 0 Å². The number of ether oxygens (including phenoxy) is 1. The van der Waals surface area contributed by atoms with Gasteiger partial charge in [0.05, 0.1) is 6.61 Å². The zero-order chi connectivity index (χ0) is 15.2. The summed E-state index contributed by atoms with van der Waals surface area (Å²) in [6, 6.07) is 10.2. The molecule has 3 nitrogen and oxygen atoms in total. The summed E-state index contributed by atoms with van der Waals surface area (Å²) in [5.74, 6) is 0.558. The topological polar surface area (TPSA) is 24.5 Å². The van der Waals surface area contributed by atoms with Gasteiger partial charge in [0.2, 0.25) is 0 Å². The fraction of sp³-hybridized carbons (Fsp3) is 0.667. The molecule has 2 unspecified atom stereocenters. The van der Waals surface area contributed by atoms with E-state index in [2.05, 4.69) is 62.3 Å². The molecule has 0 bridgehead atoms. The van der Waals surface area contributed by atoms with Crippen molar-refractivity contribution in [1.29, 1.82) is 0 Å². The molecule has 2 atom stereocenters. The Morgan fingerprint density at radius 1 is 1.24 bits per heavy atom. The molecule has 1 heterocycles. The Balaban J connectivity index is 1.86. The number of nitrogens with one attached hydrogen (secondary N) is 1. The molecule has 1 aliphatic rings. The average Bonchev–Trinajstić information content (AvgIpc) is 3.00. The van der Waals surface area contributed by atoms with E-state index >= 15 is 0 Å². The monoisotopic (exact) mass is 290 g/mol. The third-order valence-electron chi connectivity index (χ3n) is 4.34. The highest BCUT2D eigenvalue weighted by atomic mass is 16.5. The number of hydrogen-bond acceptors (Lipinski definition) is 3. The Labute approximate surface area is 129 Å². The quantitative estimate of drug-likeness (QED) is 0.835. The van der Waals surface area contributed by atoms with Crippen LogP contribution in [0.3, 0.4) is 0 Å². The highest BCUT2D eigenvalue weighted by molar-refractivity contribution is 5.25. The van der Waals surface area contributed by atoms with Crippen LogP contribution in [0.5, 0.6) is 0 Å². The van der Waals surface area contributed by atoms with Gasteiger partial charge in [0, 0.05) is 31.8 Å². The van der Waals surface area contributed by atoms with Crippen LogP contribution in [-0.4, -0.2) is 43.8 Å². The van der Waals surface area contributed by atoms with Crippen LogP contribution < -0.4 is 5.32 Å². The predicted octanol–water partition coefficient (Wildman–Crippen LogP) is 3.01. The van der Waals surface area contributed by atoms with Crippen molar-refractivity contribution in [3.8, 4) is 0 Å². The van der Waals surface area contributed by atoms with Crippen molar-refractivity contribution >= 4 is 0 Å². The minimum atomic E-state index is 0.550. The third kappa shape index (κ3) is 5.10. The standard InChI is InChI=1S/C18H30N2O/c1-14(2)19-11-15(3)17-7-5-16(6-8-17)12-20(4)18-9-10-21-13-18/h5-8,14-15,18-19H,9-13H2,1-4H3. The Bertz CT molecular complexity index is 410. The van der Waals surface area contributed by atoms with Crippen LogP contribution in [0.4, 0.5) is 0 Å². The fourth-order valence-electron chi connectivity index (χ4n) is 2.77. The Morgan fingerprint density at radius 2 is 1.95 bits per heavy atom. The molecule has 0 aromatic heterocycles. The van der Waals surface area contributed by atoms with Crippen molar-refractivity contribution in [1.82, 2.24) is 10.2 Å².